The topological polar surface area (TPSA) is 76.1 Å². The first-order chi connectivity index (χ1) is 12.5. The second-order valence-corrected chi connectivity index (χ2v) is 7.07. The smallest absolute Gasteiger partial charge is 0.417 e. The number of carbonyl (C=O) groups is 2. The highest BCUT2D eigenvalue weighted by Gasteiger charge is 2.17. The van der Waals surface area contributed by atoms with E-state index in [1.165, 1.54) is 12.8 Å². The Bertz CT molecular complexity index is 604. The summed E-state index contributed by atoms with van der Waals surface area (Å²) < 4.78 is 10.7. The molecule has 144 valence electrons. The lowest BCUT2D eigenvalue weighted by Crippen LogP contribution is -2.37. The molecule has 0 saturated carbocycles. The molecule has 2 unspecified atom stereocenters. The van der Waals surface area contributed by atoms with Gasteiger partial charge < -0.3 is 14.6 Å². The number of rotatable bonds is 8. The van der Waals surface area contributed by atoms with Gasteiger partial charge in [0.2, 0.25) is 0 Å². The Balaban J connectivity index is 1.82. The Kier molecular flexibility index (Phi) is 7.91. The Morgan fingerprint density at radius 1 is 1.31 bits per heavy atom. The Morgan fingerprint density at radius 2 is 2.08 bits per heavy atom. The summed E-state index contributed by atoms with van der Waals surface area (Å²) in [5.41, 5.74) is 1.05. The number of carbonyl (C=O) groups excluding carboxylic acids is 1. The van der Waals surface area contributed by atoms with Gasteiger partial charge in [0.1, 0.15) is 12.4 Å². The fraction of sp³-hybridized carbons (Fsp3) is 0.600. The van der Waals surface area contributed by atoms with E-state index in [0.29, 0.717) is 13.0 Å². The van der Waals surface area contributed by atoms with Crippen molar-refractivity contribution in [2.24, 2.45) is 5.92 Å². The van der Waals surface area contributed by atoms with E-state index in [9.17, 15) is 9.59 Å². The largest absolute Gasteiger partial charge is 0.492 e. The fourth-order valence-electron chi connectivity index (χ4n) is 3.34. The van der Waals surface area contributed by atoms with E-state index in [2.05, 4.69) is 11.8 Å². The van der Waals surface area contributed by atoms with Crippen LogP contribution in [-0.4, -0.2) is 54.8 Å². The molecule has 1 heterocycles. The standard InChI is InChI=1S/C20H29NO5/c1-15-6-5-10-21(14-15)11-13-25-18-8-4-3-7-17(18)16(2)9-12-26-20(24)19(22)23/h3-4,7-8,15-16H,5-6,9-14H2,1-2H3,(H,22,23). The molecule has 2 rings (SSSR count). The van der Waals surface area contributed by atoms with E-state index in [1.54, 1.807) is 0 Å². The van der Waals surface area contributed by atoms with E-state index in [1.807, 2.05) is 31.2 Å². The number of piperidine rings is 1. The lowest BCUT2D eigenvalue weighted by Gasteiger charge is -2.30. The quantitative estimate of drug-likeness (QED) is 0.565. The number of nitrogens with zero attached hydrogens (tertiary/aromatic N) is 1. The molecule has 0 bridgehead atoms. The van der Waals surface area contributed by atoms with Gasteiger partial charge in [0.05, 0.1) is 6.61 Å². The predicted molar refractivity (Wildman–Crippen MR) is 98.4 cm³/mol. The van der Waals surface area contributed by atoms with E-state index in [-0.39, 0.29) is 12.5 Å². The molecule has 6 nitrogen and oxygen atoms in total. The molecule has 0 amide bonds. The summed E-state index contributed by atoms with van der Waals surface area (Å²) in [6.45, 7) is 8.22. The SMILES string of the molecule is CC1CCCN(CCOc2ccccc2C(C)CCOC(=O)C(=O)O)C1. The second kappa shape index (κ2) is 10.2. The number of benzene rings is 1. The lowest BCUT2D eigenvalue weighted by molar-refractivity contribution is -0.164. The van der Waals surface area contributed by atoms with Gasteiger partial charge in [-0.3, -0.25) is 4.90 Å². The van der Waals surface area contributed by atoms with Gasteiger partial charge in [-0.15, -0.1) is 0 Å². The number of ether oxygens (including phenoxy) is 2. The average molecular weight is 363 g/mol. The zero-order valence-corrected chi connectivity index (χ0v) is 15.6. The monoisotopic (exact) mass is 363 g/mol. The first kappa shape index (κ1) is 20.2. The minimum absolute atomic E-state index is 0.0757. The molecule has 1 N–H and O–H groups in total. The number of hydrogen-bond donors (Lipinski definition) is 1. The fourth-order valence-corrected chi connectivity index (χ4v) is 3.34. The molecule has 1 aromatic carbocycles. The minimum atomic E-state index is -1.56. The molecule has 1 fully saturated rings. The van der Waals surface area contributed by atoms with Crippen molar-refractivity contribution in [1.82, 2.24) is 4.90 Å². The molecule has 1 aromatic rings. The summed E-state index contributed by atoms with van der Waals surface area (Å²) in [6.07, 6.45) is 3.11. The van der Waals surface area contributed by atoms with E-state index in [4.69, 9.17) is 14.6 Å². The number of likely N-dealkylation sites (tertiary alicyclic amines) is 1. The maximum atomic E-state index is 11.0. The molecule has 1 saturated heterocycles. The summed E-state index contributed by atoms with van der Waals surface area (Å²) in [6, 6.07) is 7.85. The second-order valence-electron chi connectivity index (χ2n) is 7.07. The van der Waals surface area contributed by atoms with Crippen molar-refractivity contribution in [3.8, 4) is 5.75 Å². The van der Waals surface area contributed by atoms with Crippen molar-refractivity contribution in [3.05, 3.63) is 29.8 Å². The van der Waals surface area contributed by atoms with Crippen LogP contribution in [-0.2, 0) is 14.3 Å². The molecule has 1 aliphatic heterocycles. The Morgan fingerprint density at radius 3 is 2.81 bits per heavy atom. The number of hydrogen-bond acceptors (Lipinski definition) is 5. The number of aliphatic carboxylic acids is 1. The van der Waals surface area contributed by atoms with Gasteiger partial charge in [0.25, 0.3) is 0 Å². The van der Waals surface area contributed by atoms with Crippen LogP contribution in [0, 0.1) is 5.92 Å². The van der Waals surface area contributed by atoms with E-state index >= 15 is 0 Å². The maximum Gasteiger partial charge on any atom is 0.417 e. The van der Waals surface area contributed by atoms with E-state index < -0.39 is 11.9 Å². The van der Waals surface area contributed by atoms with Crippen LogP contribution in [0.1, 0.15) is 44.6 Å². The molecule has 0 radical (unpaired) electrons. The highest BCUT2D eigenvalue weighted by Crippen LogP contribution is 2.28. The molecule has 1 aliphatic rings. The third-order valence-electron chi connectivity index (χ3n) is 4.81. The van der Waals surface area contributed by atoms with Crippen molar-refractivity contribution in [3.63, 3.8) is 0 Å². The van der Waals surface area contributed by atoms with Gasteiger partial charge in [0.15, 0.2) is 0 Å². The zero-order valence-electron chi connectivity index (χ0n) is 15.6. The average Bonchev–Trinajstić information content (AvgIpc) is 2.62. The van der Waals surface area contributed by atoms with Crippen LogP contribution in [0.5, 0.6) is 5.75 Å². The van der Waals surface area contributed by atoms with Crippen molar-refractivity contribution in [1.29, 1.82) is 0 Å². The molecule has 2 atom stereocenters. The molecule has 0 spiro atoms. The third-order valence-corrected chi connectivity index (χ3v) is 4.81. The van der Waals surface area contributed by atoms with Crippen molar-refractivity contribution >= 4 is 11.9 Å². The summed E-state index contributed by atoms with van der Waals surface area (Å²) in [5.74, 6) is -1.08. The van der Waals surface area contributed by atoms with Gasteiger partial charge in [-0.25, -0.2) is 9.59 Å². The predicted octanol–water partition coefficient (Wildman–Crippen LogP) is 2.92. The van der Waals surface area contributed by atoms with Crippen LogP contribution in [0.3, 0.4) is 0 Å². The van der Waals surface area contributed by atoms with E-state index in [0.717, 1.165) is 36.9 Å². The van der Waals surface area contributed by atoms with Gasteiger partial charge >= 0.3 is 11.9 Å². The molecule has 0 aliphatic carbocycles. The van der Waals surface area contributed by atoms with Crippen LogP contribution in [0.2, 0.25) is 0 Å². The zero-order chi connectivity index (χ0) is 18.9. The summed E-state index contributed by atoms with van der Waals surface area (Å²) in [7, 11) is 0. The number of carboxylic acid groups (broad SMARTS) is 1. The highest BCUT2D eigenvalue weighted by molar-refractivity contribution is 6.28. The highest BCUT2D eigenvalue weighted by atomic mass is 16.6. The van der Waals surface area contributed by atoms with Crippen LogP contribution in [0.15, 0.2) is 24.3 Å². The van der Waals surface area contributed by atoms with Crippen molar-refractivity contribution in [2.75, 3.05) is 32.8 Å². The van der Waals surface area contributed by atoms with Crippen LogP contribution < -0.4 is 4.74 Å². The Labute approximate surface area is 155 Å². The number of esters is 1. The summed E-state index contributed by atoms with van der Waals surface area (Å²) in [5, 5.41) is 8.53. The normalized spacial score (nSPS) is 18.9. The van der Waals surface area contributed by atoms with Gasteiger partial charge in [-0.05, 0) is 49.3 Å². The van der Waals surface area contributed by atoms with Crippen LogP contribution in [0.25, 0.3) is 0 Å². The molecule has 0 aromatic heterocycles. The summed E-state index contributed by atoms with van der Waals surface area (Å²) >= 11 is 0. The number of carboxylic acids is 1. The van der Waals surface area contributed by atoms with Crippen molar-refractivity contribution < 1.29 is 24.2 Å². The van der Waals surface area contributed by atoms with Crippen LogP contribution >= 0.6 is 0 Å². The Hall–Kier alpha value is -2.08. The number of para-hydroxylation sites is 1. The van der Waals surface area contributed by atoms with Gasteiger partial charge in [0, 0.05) is 13.1 Å². The van der Waals surface area contributed by atoms with Crippen molar-refractivity contribution in [2.45, 2.75) is 39.0 Å². The van der Waals surface area contributed by atoms with Gasteiger partial charge in [-0.2, -0.15) is 0 Å². The molecular formula is C20H29NO5. The summed E-state index contributed by atoms with van der Waals surface area (Å²) in [4.78, 5) is 23.9. The minimum Gasteiger partial charge on any atom is -0.492 e. The molecular weight excluding hydrogens is 334 g/mol. The molecule has 6 heteroatoms. The van der Waals surface area contributed by atoms with Gasteiger partial charge in [-0.1, -0.05) is 32.0 Å². The third kappa shape index (κ3) is 6.33. The molecule has 26 heavy (non-hydrogen) atoms. The first-order valence-corrected chi connectivity index (χ1v) is 9.31. The van der Waals surface area contributed by atoms with Crippen LogP contribution in [0.4, 0.5) is 0 Å². The first-order valence-electron chi connectivity index (χ1n) is 9.31. The lowest BCUT2D eigenvalue weighted by atomic mass is 9.97. The maximum absolute atomic E-state index is 11.0.